The summed E-state index contributed by atoms with van der Waals surface area (Å²) in [6.07, 6.45) is 7.41. The number of hydrogen-bond donors (Lipinski definition) is 1. The highest BCUT2D eigenvalue weighted by molar-refractivity contribution is 7.19. The summed E-state index contributed by atoms with van der Waals surface area (Å²) in [5.41, 5.74) is 4.22. The summed E-state index contributed by atoms with van der Waals surface area (Å²) in [7, 11) is 0. The number of rotatable bonds is 4. The second kappa shape index (κ2) is 6.00. The molecule has 0 amide bonds. The lowest BCUT2D eigenvalue weighted by atomic mass is 9.97. The number of furan rings is 1. The summed E-state index contributed by atoms with van der Waals surface area (Å²) in [5.74, 6) is 0.635. The molecule has 3 aromatic rings. The molecule has 122 valence electrons. The number of anilines is 1. The van der Waals surface area contributed by atoms with Gasteiger partial charge in [0.2, 0.25) is 0 Å². The van der Waals surface area contributed by atoms with Crippen molar-refractivity contribution >= 4 is 39.5 Å². The Morgan fingerprint density at radius 3 is 3.04 bits per heavy atom. The van der Waals surface area contributed by atoms with E-state index >= 15 is 0 Å². The molecule has 1 N–H and O–H groups in total. The third-order valence-corrected chi connectivity index (χ3v) is 5.11. The van der Waals surface area contributed by atoms with Crippen LogP contribution in [0.2, 0.25) is 0 Å². The van der Waals surface area contributed by atoms with Crippen LogP contribution in [0.3, 0.4) is 0 Å². The van der Waals surface area contributed by atoms with Gasteiger partial charge in [-0.15, -0.1) is 11.3 Å². The van der Waals surface area contributed by atoms with Crippen molar-refractivity contribution in [3.8, 4) is 0 Å². The van der Waals surface area contributed by atoms with Crippen LogP contribution in [-0.4, -0.2) is 21.1 Å². The van der Waals surface area contributed by atoms with E-state index in [2.05, 4.69) is 20.5 Å². The fourth-order valence-corrected chi connectivity index (χ4v) is 4.07. The van der Waals surface area contributed by atoms with Crippen molar-refractivity contribution in [3.63, 3.8) is 0 Å². The standard InChI is InChI=1S/C15H13N5O3S/c21-20(22)12-6-5-9(23-12)7-18-19-14-13-10-3-1-2-4-11(10)24-15(13)17-8-16-14/h5-8H,1-4H2,(H,16,17,19)/b18-7+. The van der Waals surface area contributed by atoms with Crippen molar-refractivity contribution in [1.82, 2.24) is 9.97 Å². The van der Waals surface area contributed by atoms with Gasteiger partial charge in [-0.25, -0.2) is 9.97 Å². The van der Waals surface area contributed by atoms with Gasteiger partial charge in [0.15, 0.2) is 11.6 Å². The van der Waals surface area contributed by atoms with Crippen molar-refractivity contribution in [3.05, 3.63) is 44.8 Å². The summed E-state index contributed by atoms with van der Waals surface area (Å²) >= 11 is 1.71. The zero-order valence-electron chi connectivity index (χ0n) is 12.6. The topological polar surface area (TPSA) is 106 Å². The molecule has 8 nitrogen and oxygen atoms in total. The number of nitrogens with zero attached hydrogens (tertiary/aromatic N) is 4. The number of hydrazone groups is 1. The van der Waals surface area contributed by atoms with Crippen LogP contribution < -0.4 is 5.43 Å². The maximum absolute atomic E-state index is 10.6. The molecule has 0 fully saturated rings. The summed E-state index contributed by atoms with van der Waals surface area (Å²) in [6.45, 7) is 0. The van der Waals surface area contributed by atoms with E-state index in [9.17, 15) is 10.1 Å². The average Bonchev–Trinajstić information content (AvgIpc) is 3.19. The Morgan fingerprint density at radius 2 is 2.21 bits per heavy atom. The van der Waals surface area contributed by atoms with Crippen molar-refractivity contribution in [1.29, 1.82) is 0 Å². The number of nitro groups is 1. The van der Waals surface area contributed by atoms with E-state index in [1.807, 2.05) is 0 Å². The molecule has 0 spiro atoms. The second-order valence-corrected chi connectivity index (χ2v) is 6.50. The molecule has 1 aliphatic rings. The highest BCUT2D eigenvalue weighted by Gasteiger charge is 2.19. The van der Waals surface area contributed by atoms with Gasteiger partial charge in [-0.2, -0.15) is 5.10 Å². The largest absolute Gasteiger partial charge is 0.433 e. The number of thiophene rings is 1. The van der Waals surface area contributed by atoms with Crippen LogP contribution in [0.1, 0.15) is 29.0 Å². The van der Waals surface area contributed by atoms with E-state index in [-0.39, 0.29) is 5.88 Å². The number of fused-ring (bicyclic) bond motifs is 3. The molecule has 0 unspecified atom stereocenters. The van der Waals surface area contributed by atoms with Crippen LogP contribution in [0.25, 0.3) is 10.2 Å². The molecule has 0 saturated carbocycles. The number of hydrogen-bond acceptors (Lipinski definition) is 8. The maximum Gasteiger partial charge on any atom is 0.433 e. The Labute approximate surface area is 140 Å². The summed E-state index contributed by atoms with van der Waals surface area (Å²) in [6, 6.07) is 2.78. The number of aromatic nitrogens is 2. The minimum Gasteiger partial charge on any atom is -0.400 e. The molecule has 0 aromatic carbocycles. The van der Waals surface area contributed by atoms with E-state index in [4.69, 9.17) is 4.42 Å². The van der Waals surface area contributed by atoms with Gasteiger partial charge in [-0.05, 0) is 37.3 Å². The van der Waals surface area contributed by atoms with Crippen LogP contribution >= 0.6 is 11.3 Å². The Bertz CT molecular complexity index is 946. The number of aryl methyl sites for hydroxylation is 2. The molecule has 0 atom stereocenters. The van der Waals surface area contributed by atoms with Crippen LogP contribution in [0.15, 0.2) is 28.0 Å². The van der Waals surface area contributed by atoms with E-state index in [0.717, 1.165) is 23.1 Å². The number of nitrogens with one attached hydrogen (secondary N) is 1. The Kier molecular flexibility index (Phi) is 3.69. The van der Waals surface area contributed by atoms with Crippen molar-refractivity contribution < 1.29 is 9.34 Å². The average molecular weight is 343 g/mol. The minimum absolute atomic E-state index is 0.298. The first kappa shape index (κ1) is 14.8. The lowest BCUT2D eigenvalue weighted by Gasteiger charge is -2.11. The highest BCUT2D eigenvalue weighted by atomic mass is 32.1. The van der Waals surface area contributed by atoms with E-state index in [1.165, 1.54) is 48.0 Å². The quantitative estimate of drug-likeness (QED) is 0.441. The van der Waals surface area contributed by atoms with Gasteiger partial charge in [0.1, 0.15) is 16.1 Å². The molecule has 3 aromatic heterocycles. The van der Waals surface area contributed by atoms with Crippen LogP contribution in [0, 0.1) is 10.1 Å². The smallest absolute Gasteiger partial charge is 0.400 e. The Balaban J connectivity index is 1.61. The molecular weight excluding hydrogens is 330 g/mol. The lowest BCUT2D eigenvalue weighted by Crippen LogP contribution is -2.00. The molecular formula is C15H13N5O3S. The SMILES string of the molecule is O=[N+]([O-])c1ccc(/C=N/Nc2ncnc3sc4c(c23)CCCC4)o1. The van der Waals surface area contributed by atoms with E-state index in [1.54, 1.807) is 11.3 Å². The van der Waals surface area contributed by atoms with Gasteiger partial charge in [0.05, 0.1) is 17.7 Å². The Hall–Kier alpha value is -2.81. The van der Waals surface area contributed by atoms with Crippen molar-refractivity contribution in [2.45, 2.75) is 25.7 Å². The zero-order valence-corrected chi connectivity index (χ0v) is 13.4. The molecule has 0 aliphatic heterocycles. The molecule has 1 aliphatic carbocycles. The van der Waals surface area contributed by atoms with Crippen molar-refractivity contribution in [2.24, 2.45) is 5.10 Å². The molecule has 0 saturated heterocycles. The fraction of sp³-hybridized carbons (Fsp3) is 0.267. The van der Waals surface area contributed by atoms with Crippen molar-refractivity contribution in [2.75, 3.05) is 5.43 Å². The summed E-state index contributed by atoms with van der Waals surface area (Å²) < 4.78 is 5.03. The molecule has 24 heavy (non-hydrogen) atoms. The first-order valence-electron chi connectivity index (χ1n) is 7.51. The molecule has 3 heterocycles. The summed E-state index contributed by atoms with van der Waals surface area (Å²) in [4.78, 5) is 21.0. The highest BCUT2D eigenvalue weighted by Crippen LogP contribution is 2.38. The molecule has 0 bridgehead atoms. The Morgan fingerprint density at radius 1 is 1.33 bits per heavy atom. The van der Waals surface area contributed by atoms with Gasteiger partial charge < -0.3 is 4.42 Å². The second-order valence-electron chi connectivity index (χ2n) is 5.42. The third-order valence-electron chi connectivity index (χ3n) is 3.91. The van der Waals surface area contributed by atoms with Gasteiger partial charge >= 0.3 is 5.88 Å². The predicted molar refractivity (Wildman–Crippen MR) is 90.6 cm³/mol. The van der Waals surface area contributed by atoms with Crippen LogP contribution in [0.5, 0.6) is 0 Å². The monoisotopic (exact) mass is 343 g/mol. The first-order valence-corrected chi connectivity index (χ1v) is 8.32. The molecule has 9 heteroatoms. The maximum atomic E-state index is 10.6. The minimum atomic E-state index is -0.587. The van der Waals surface area contributed by atoms with Gasteiger partial charge in [-0.1, -0.05) is 0 Å². The normalized spacial score (nSPS) is 14.2. The van der Waals surface area contributed by atoms with Gasteiger partial charge in [0, 0.05) is 4.88 Å². The lowest BCUT2D eigenvalue weighted by molar-refractivity contribution is -0.402. The fourth-order valence-electron chi connectivity index (χ4n) is 2.84. The van der Waals surface area contributed by atoms with Gasteiger partial charge in [0.25, 0.3) is 0 Å². The summed E-state index contributed by atoms with van der Waals surface area (Å²) in [5, 5.41) is 15.7. The van der Waals surface area contributed by atoms with E-state index < -0.39 is 4.92 Å². The first-order chi connectivity index (χ1) is 11.7. The predicted octanol–water partition coefficient (Wildman–Crippen LogP) is 3.52. The molecule has 0 radical (unpaired) electrons. The third kappa shape index (κ3) is 2.62. The van der Waals surface area contributed by atoms with Gasteiger partial charge in [-0.3, -0.25) is 15.5 Å². The zero-order chi connectivity index (χ0) is 16.5. The molecule has 4 rings (SSSR count). The van der Waals surface area contributed by atoms with Crippen LogP contribution in [-0.2, 0) is 12.8 Å². The van der Waals surface area contributed by atoms with Crippen LogP contribution in [0.4, 0.5) is 11.7 Å². The van der Waals surface area contributed by atoms with E-state index in [0.29, 0.717) is 11.6 Å².